The molecular formula is C18H20BrN. The van der Waals surface area contributed by atoms with Gasteiger partial charge >= 0.3 is 0 Å². The Labute approximate surface area is 129 Å². The lowest BCUT2D eigenvalue weighted by molar-refractivity contribution is 0.507. The van der Waals surface area contributed by atoms with Crippen LogP contribution in [0.1, 0.15) is 35.4 Å². The van der Waals surface area contributed by atoms with E-state index in [-0.39, 0.29) is 0 Å². The number of rotatable bonds is 4. The van der Waals surface area contributed by atoms with Gasteiger partial charge in [0.05, 0.1) is 0 Å². The molecule has 0 saturated carbocycles. The van der Waals surface area contributed by atoms with E-state index in [9.17, 15) is 0 Å². The molecule has 0 bridgehead atoms. The highest BCUT2D eigenvalue weighted by atomic mass is 79.9. The highest BCUT2D eigenvalue weighted by Crippen LogP contribution is 2.30. The van der Waals surface area contributed by atoms with Crippen LogP contribution in [0.5, 0.6) is 0 Å². The highest BCUT2D eigenvalue weighted by Gasteiger charge is 2.19. The Kier molecular flexibility index (Phi) is 4.54. The van der Waals surface area contributed by atoms with Gasteiger partial charge in [0.15, 0.2) is 0 Å². The van der Waals surface area contributed by atoms with E-state index in [0.29, 0.717) is 5.92 Å². The fraction of sp³-hybridized carbons (Fsp3) is 0.333. The van der Waals surface area contributed by atoms with Crippen LogP contribution in [-0.2, 0) is 13.0 Å². The molecule has 0 spiro atoms. The molecule has 2 heteroatoms. The minimum atomic E-state index is 0.669. The second-order valence-electron chi connectivity index (χ2n) is 5.51. The predicted octanol–water partition coefficient (Wildman–Crippen LogP) is 4.66. The Morgan fingerprint density at radius 2 is 1.85 bits per heavy atom. The first kappa shape index (κ1) is 13.8. The average molecular weight is 330 g/mol. The molecule has 2 aromatic carbocycles. The maximum atomic E-state index is 3.62. The van der Waals surface area contributed by atoms with Crippen molar-refractivity contribution >= 4 is 15.9 Å². The number of hydrogen-bond donors (Lipinski definition) is 1. The minimum absolute atomic E-state index is 0.669. The molecule has 0 saturated heterocycles. The molecule has 104 valence electrons. The topological polar surface area (TPSA) is 12.0 Å². The third-order valence-electron chi connectivity index (χ3n) is 4.16. The number of halogens is 1. The lowest BCUT2D eigenvalue weighted by atomic mass is 9.83. The average Bonchev–Trinajstić information content (AvgIpc) is 2.49. The summed E-state index contributed by atoms with van der Waals surface area (Å²) in [5.74, 6) is 0.669. The summed E-state index contributed by atoms with van der Waals surface area (Å²) in [4.78, 5) is 0. The summed E-state index contributed by atoms with van der Waals surface area (Å²) in [5.41, 5.74) is 4.43. The number of benzene rings is 2. The smallest absolute Gasteiger partial charge is 0.0220 e. The van der Waals surface area contributed by atoms with E-state index in [1.807, 2.05) is 0 Å². The van der Waals surface area contributed by atoms with Crippen molar-refractivity contribution in [1.82, 2.24) is 5.32 Å². The Hall–Kier alpha value is -1.12. The van der Waals surface area contributed by atoms with Crippen molar-refractivity contribution in [3.05, 3.63) is 69.7 Å². The van der Waals surface area contributed by atoms with Gasteiger partial charge in [-0.2, -0.15) is 0 Å². The van der Waals surface area contributed by atoms with Gasteiger partial charge in [-0.25, -0.2) is 0 Å². The summed E-state index contributed by atoms with van der Waals surface area (Å²) >= 11 is 3.61. The molecule has 0 radical (unpaired) electrons. The van der Waals surface area contributed by atoms with E-state index in [1.165, 1.54) is 29.3 Å². The van der Waals surface area contributed by atoms with Crippen LogP contribution in [0.25, 0.3) is 0 Å². The summed E-state index contributed by atoms with van der Waals surface area (Å²) in [7, 11) is 0. The summed E-state index contributed by atoms with van der Waals surface area (Å²) in [6, 6.07) is 17.4. The minimum Gasteiger partial charge on any atom is -0.312 e. The number of hydrogen-bond acceptors (Lipinski definition) is 1. The van der Waals surface area contributed by atoms with Crippen molar-refractivity contribution < 1.29 is 0 Å². The first-order chi connectivity index (χ1) is 9.84. The van der Waals surface area contributed by atoms with Gasteiger partial charge in [0.1, 0.15) is 0 Å². The van der Waals surface area contributed by atoms with Crippen LogP contribution in [0.3, 0.4) is 0 Å². The SMILES string of the molecule is Brc1ccccc1CNCC1CCCc2ccccc21. The van der Waals surface area contributed by atoms with Crippen LogP contribution >= 0.6 is 15.9 Å². The van der Waals surface area contributed by atoms with Crippen LogP contribution in [0, 0.1) is 0 Å². The van der Waals surface area contributed by atoms with Crippen LogP contribution in [0.2, 0.25) is 0 Å². The lowest BCUT2D eigenvalue weighted by Gasteiger charge is -2.25. The highest BCUT2D eigenvalue weighted by molar-refractivity contribution is 9.10. The standard InChI is InChI=1S/C18H20BrN/c19-18-11-4-2-7-16(18)13-20-12-15-9-5-8-14-6-1-3-10-17(14)15/h1-4,6-7,10-11,15,20H,5,8-9,12-13H2. The summed E-state index contributed by atoms with van der Waals surface area (Å²) in [6.45, 7) is 2.00. The van der Waals surface area contributed by atoms with Crippen molar-refractivity contribution in [2.24, 2.45) is 0 Å². The summed E-state index contributed by atoms with van der Waals surface area (Å²) in [5, 5.41) is 3.62. The van der Waals surface area contributed by atoms with Gasteiger partial charge in [-0.1, -0.05) is 58.4 Å². The molecule has 0 fully saturated rings. The predicted molar refractivity (Wildman–Crippen MR) is 88.0 cm³/mol. The van der Waals surface area contributed by atoms with E-state index in [4.69, 9.17) is 0 Å². The summed E-state index contributed by atoms with van der Waals surface area (Å²) < 4.78 is 1.19. The number of nitrogens with one attached hydrogen (secondary N) is 1. The number of fused-ring (bicyclic) bond motifs is 1. The van der Waals surface area contributed by atoms with Gasteiger partial charge in [-0.3, -0.25) is 0 Å². The molecule has 1 atom stereocenters. The van der Waals surface area contributed by atoms with Crippen molar-refractivity contribution in [3.63, 3.8) is 0 Å². The molecule has 0 aliphatic heterocycles. The van der Waals surface area contributed by atoms with E-state index >= 15 is 0 Å². The van der Waals surface area contributed by atoms with E-state index in [2.05, 4.69) is 69.8 Å². The van der Waals surface area contributed by atoms with E-state index in [0.717, 1.165) is 13.1 Å². The first-order valence-corrected chi connectivity index (χ1v) is 8.16. The molecule has 1 N–H and O–H groups in total. The van der Waals surface area contributed by atoms with Gasteiger partial charge < -0.3 is 5.32 Å². The largest absolute Gasteiger partial charge is 0.312 e. The Morgan fingerprint density at radius 3 is 2.75 bits per heavy atom. The third kappa shape index (κ3) is 3.13. The van der Waals surface area contributed by atoms with Crippen molar-refractivity contribution in [2.75, 3.05) is 6.54 Å². The molecule has 0 amide bonds. The van der Waals surface area contributed by atoms with Gasteiger partial charge in [0.25, 0.3) is 0 Å². The first-order valence-electron chi connectivity index (χ1n) is 7.36. The normalized spacial score (nSPS) is 17.8. The van der Waals surface area contributed by atoms with Gasteiger partial charge in [-0.05, 0) is 47.9 Å². The molecule has 0 heterocycles. The van der Waals surface area contributed by atoms with Crippen LogP contribution < -0.4 is 5.32 Å². The molecule has 20 heavy (non-hydrogen) atoms. The Balaban J connectivity index is 1.61. The zero-order chi connectivity index (χ0) is 13.8. The molecule has 1 aliphatic rings. The molecule has 1 aliphatic carbocycles. The van der Waals surface area contributed by atoms with Crippen LogP contribution in [0.15, 0.2) is 53.0 Å². The molecular weight excluding hydrogens is 310 g/mol. The monoisotopic (exact) mass is 329 g/mol. The van der Waals surface area contributed by atoms with E-state index < -0.39 is 0 Å². The molecule has 0 aromatic heterocycles. The van der Waals surface area contributed by atoms with Crippen LogP contribution in [0.4, 0.5) is 0 Å². The number of aryl methyl sites for hydroxylation is 1. The Bertz CT molecular complexity index is 579. The van der Waals surface area contributed by atoms with E-state index in [1.54, 1.807) is 11.1 Å². The second kappa shape index (κ2) is 6.55. The summed E-state index contributed by atoms with van der Waals surface area (Å²) in [6.07, 6.45) is 3.87. The second-order valence-corrected chi connectivity index (χ2v) is 6.36. The van der Waals surface area contributed by atoms with Crippen LogP contribution in [-0.4, -0.2) is 6.54 Å². The zero-order valence-electron chi connectivity index (χ0n) is 11.6. The Morgan fingerprint density at radius 1 is 1.05 bits per heavy atom. The maximum Gasteiger partial charge on any atom is 0.0220 e. The fourth-order valence-corrected chi connectivity index (χ4v) is 3.51. The molecule has 3 rings (SSSR count). The van der Waals surface area contributed by atoms with Gasteiger partial charge in [-0.15, -0.1) is 0 Å². The van der Waals surface area contributed by atoms with Crippen molar-refractivity contribution in [1.29, 1.82) is 0 Å². The van der Waals surface area contributed by atoms with Gasteiger partial charge in [0, 0.05) is 17.6 Å². The lowest BCUT2D eigenvalue weighted by Crippen LogP contribution is -2.24. The molecule has 1 nitrogen and oxygen atoms in total. The molecule has 1 unspecified atom stereocenters. The van der Waals surface area contributed by atoms with Crippen molar-refractivity contribution in [3.8, 4) is 0 Å². The maximum absolute atomic E-state index is 3.62. The quantitative estimate of drug-likeness (QED) is 0.860. The zero-order valence-corrected chi connectivity index (χ0v) is 13.2. The fourth-order valence-electron chi connectivity index (χ4n) is 3.09. The van der Waals surface area contributed by atoms with Gasteiger partial charge in [0.2, 0.25) is 0 Å². The molecule has 2 aromatic rings. The van der Waals surface area contributed by atoms with Crippen molar-refractivity contribution in [2.45, 2.75) is 31.7 Å². The third-order valence-corrected chi connectivity index (χ3v) is 4.93.